The molecule has 0 atom stereocenters. The number of urea groups is 1. The van der Waals surface area contributed by atoms with Gasteiger partial charge in [0.1, 0.15) is 6.54 Å². The summed E-state index contributed by atoms with van der Waals surface area (Å²) in [7, 11) is 9.29. The first-order valence-electron chi connectivity index (χ1n) is 4.18. The van der Waals surface area contributed by atoms with Gasteiger partial charge in [0.15, 0.2) is 0 Å². The molecule has 0 saturated heterocycles. The third-order valence-corrected chi connectivity index (χ3v) is 1.22. The highest BCUT2D eigenvalue weighted by atomic mass is 35.5. The average molecular weight is 228 g/mol. The van der Waals surface area contributed by atoms with Crippen LogP contribution in [0.4, 0.5) is 4.79 Å². The Kier molecular flexibility index (Phi) is 14.4. The van der Waals surface area contributed by atoms with E-state index in [1.165, 1.54) is 0 Å². The molecule has 0 radical (unpaired) electrons. The van der Waals surface area contributed by atoms with Gasteiger partial charge in [0.05, 0.1) is 27.7 Å². The number of hydrogen-bond donors (Lipinski definition) is 3. The van der Waals surface area contributed by atoms with Crippen LogP contribution < -0.4 is 23.0 Å². The lowest BCUT2D eigenvalue weighted by atomic mass is 10.5. The Balaban J connectivity index is -0.000000163. The average Bonchev–Trinajstić information content (AvgIpc) is 2.02. The van der Waals surface area contributed by atoms with Crippen LogP contribution in [0.1, 0.15) is 0 Å². The maximum absolute atomic E-state index is 9.96. The molecule has 0 aromatic rings. The number of carbonyl (C=O) groups is 1. The predicted molar refractivity (Wildman–Crippen MR) is 53.5 cm³/mol. The van der Waals surface area contributed by atoms with Gasteiger partial charge >= 0.3 is 6.03 Å². The molecule has 0 heterocycles. The van der Waals surface area contributed by atoms with Crippen LogP contribution in [-0.2, 0) is 0 Å². The van der Waals surface area contributed by atoms with E-state index in [0.29, 0.717) is 0 Å². The molecule has 0 rings (SSSR count). The second-order valence-electron chi connectivity index (χ2n) is 3.57. The number of hydrogen-bond acceptors (Lipinski definition) is 2. The largest absolute Gasteiger partial charge is 1.00 e. The van der Waals surface area contributed by atoms with Crippen molar-refractivity contribution < 1.29 is 26.8 Å². The van der Waals surface area contributed by atoms with Crippen LogP contribution in [0.2, 0.25) is 0 Å². The van der Waals surface area contributed by atoms with E-state index >= 15 is 0 Å². The molecule has 2 amide bonds. The summed E-state index contributed by atoms with van der Waals surface area (Å²) in [6.07, 6.45) is 0. The van der Waals surface area contributed by atoms with Gasteiger partial charge in [0, 0.05) is 14.1 Å². The van der Waals surface area contributed by atoms with Crippen molar-refractivity contribution in [2.75, 3.05) is 48.4 Å². The second-order valence-corrected chi connectivity index (χ2v) is 3.57. The van der Waals surface area contributed by atoms with Crippen molar-refractivity contribution in [3.8, 4) is 0 Å². The van der Waals surface area contributed by atoms with Crippen LogP contribution in [0, 0.1) is 0 Å². The number of quaternary nitrogens is 1. The van der Waals surface area contributed by atoms with E-state index < -0.39 is 0 Å². The van der Waals surface area contributed by atoms with E-state index in [2.05, 4.69) is 31.8 Å². The van der Waals surface area contributed by atoms with Gasteiger partial charge in [-0.05, 0) is 0 Å². The Morgan fingerprint density at radius 1 is 1.21 bits per heavy atom. The molecule has 0 aliphatic carbocycles. The van der Waals surface area contributed by atoms with Crippen molar-refractivity contribution in [2.24, 2.45) is 0 Å². The van der Waals surface area contributed by atoms with E-state index in [1.54, 1.807) is 14.1 Å². The third kappa shape index (κ3) is 22.5. The quantitative estimate of drug-likeness (QED) is 0.425. The van der Waals surface area contributed by atoms with Gasteiger partial charge in [-0.25, -0.2) is 4.79 Å². The van der Waals surface area contributed by atoms with Gasteiger partial charge in [-0.2, -0.15) is 0 Å². The Hall–Kier alpha value is -0.520. The van der Waals surface area contributed by atoms with Crippen molar-refractivity contribution in [2.45, 2.75) is 0 Å². The zero-order valence-corrected chi connectivity index (χ0v) is 10.4. The minimum Gasteiger partial charge on any atom is -1.00 e. The van der Waals surface area contributed by atoms with Crippen molar-refractivity contribution in [3.05, 3.63) is 0 Å². The van der Waals surface area contributed by atoms with E-state index in [1.807, 2.05) is 0 Å². The molecule has 0 bridgehead atoms. The number of halogens is 1. The maximum atomic E-state index is 9.96. The third-order valence-electron chi connectivity index (χ3n) is 1.22. The number of aliphatic hydroxyl groups is 1. The van der Waals surface area contributed by atoms with Crippen molar-refractivity contribution in [1.29, 1.82) is 0 Å². The van der Waals surface area contributed by atoms with Crippen LogP contribution in [0.5, 0.6) is 0 Å². The monoisotopic (exact) mass is 227 g/mol. The molecule has 0 aliphatic rings. The normalized spacial score (nSPS) is 9.00. The highest BCUT2D eigenvalue weighted by Crippen LogP contribution is 1.84. The molecular formula is C8H22ClN3O2. The lowest BCUT2D eigenvalue weighted by molar-refractivity contribution is -0.870. The number of rotatable bonds is 2. The summed E-state index contributed by atoms with van der Waals surface area (Å²) in [5, 5.41) is 13.1. The van der Waals surface area contributed by atoms with Crippen LogP contribution in [-0.4, -0.2) is 64.0 Å². The molecule has 0 aromatic carbocycles. The molecule has 0 aromatic heterocycles. The first-order chi connectivity index (χ1) is 5.87. The fourth-order valence-electron chi connectivity index (χ4n) is 0.425. The van der Waals surface area contributed by atoms with Gasteiger partial charge in [-0.3, -0.25) is 0 Å². The smallest absolute Gasteiger partial charge is 0.314 e. The summed E-state index contributed by atoms with van der Waals surface area (Å²) >= 11 is 0. The van der Waals surface area contributed by atoms with Crippen LogP contribution in [0.25, 0.3) is 0 Å². The highest BCUT2D eigenvalue weighted by molar-refractivity contribution is 5.72. The molecule has 0 unspecified atom stereocenters. The van der Waals surface area contributed by atoms with E-state index in [4.69, 9.17) is 5.11 Å². The van der Waals surface area contributed by atoms with Crippen LogP contribution >= 0.6 is 0 Å². The molecular weight excluding hydrogens is 206 g/mol. The molecule has 14 heavy (non-hydrogen) atoms. The highest BCUT2D eigenvalue weighted by Gasteiger charge is 2.02. The van der Waals surface area contributed by atoms with Gasteiger partial charge in [0.2, 0.25) is 0 Å². The summed E-state index contributed by atoms with van der Waals surface area (Å²) in [6, 6.07) is -0.157. The summed E-state index contributed by atoms with van der Waals surface area (Å²) in [5.41, 5.74) is 0. The molecule has 88 valence electrons. The van der Waals surface area contributed by atoms with E-state index in [0.717, 1.165) is 11.0 Å². The zero-order valence-electron chi connectivity index (χ0n) is 9.59. The number of likely N-dealkylation sites (N-methyl/N-ethyl adjacent to an activating group) is 1. The lowest BCUT2D eigenvalue weighted by Gasteiger charge is -2.21. The van der Waals surface area contributed by atoms with Crippen LogP contribution in [0.15, 0.2) is 0 Å². The second kappa shape index (κ2) is 10.6. The minimum atomic E-state index is -0.157. The van der Waals surface area contributed by atoms with Crippen molar-refractivity contribution >= 4 is 6.03 Å². The SMILES string of the molecule is CNC(=O)NC.C[N+](C)(C)CCO.[Cl-]. The number of aliphatic hydroxyl groups excluding tert-OH is 1. The fraction of sp³-hybridized carbons (Fsp3) is 0.875. The van der Waals surface area contributed by atoms with Gasteiger partial charge in [0.25, 0.3) is 0 Å². The number of carbonyl (C=O) groups excluding carboxylic acids is 1. The summed E-state index contributed by atoms with van der Waals surface area (Å²) in [6.45, 7) is 1.11. The Labute approximate surface area is 92.5 Å². The number of amides is 2. The Morgan fingerprint density at radius 2 is 1.57 bits per heavy atom. The molecule has 0 fully saturated rings. The minimum absolute atomic E-state index is 0. The summed E-state index contributed by atoms with van der Waals surface area (Å²) < 4.78 is 0.844. The van der Waals surface area contributed by atoms with E-state index in [-0.39, 0.29) is 25.0 Å². The summed E-state index contributed by atoms with van der Waals surface area (Å²) in [5.74, 6) is 0. The fourth-order valence-corrected chi connectivity index (χ4v) is 0.425. The first kappa shape index (κ1) is 19.1. The van der Waals surface area contributed by atoms with Crippen molar-refractivity contribution in [3.63, 3.8) is 0 Å². The van der Waals surface area contributed by atoms with Gasteiger partial charge in [-0.1, -0.05) is 0 Å². The van der Waals surface area contributed by atoms with Crippen molar-refractivity contribution in [1.82, 2.24) is 10.6 Å². The topological polar surface area (TPSA) is 61.4 Å². The predicted octanol–water partition coefficient (Wildman–Crippen LogP) is -3.77. The van der Waals surface area contributed by atoms with Crippen LogP contribution in [0.3, 0.4) is 0 Å². The maximum Gasteiger partial charge on any atom is 0.314 e. The molecule has 6 heteroatoms. The number of nitrogens with zero attached hydrogens (tertiary/aromatic N) is 1. The molecule has 0 spiro atoms. The van der Waals surface area contributed by atoms with Gasteiger partial charge < -0.3 is 32.6 Å². The lowest BCUT2D eigenvalue weighted by Crippen LogP contribution is -3.00. The Bertz CT molecular complexity index is 131. The zero-order chi connectivity index (χ0) is 10.9. The molecule has 3 N–H and O–H groups in total. The number of nitrogens with one attached hydrogen (secondary N) is 2. The van der Waals surface area contributed by atoms with Gasteiger partial charge in [-0.15, -0.1) is 0 Å². The summed E-state index contributed by atoms with van der Waals surface area (Å²) in [4.78, 5) is 9.96. The standard InChI is InChI=1S/C5H14NO.C3H8N2O.ClH/c1-6(2,3)4-5-7;1-4-3(6)5-2;/h7H,4-5H2,1-3H3;1-2H3,(H2,4,5,6);1H/q+1;;/p-1. The van der Waals surface area contributed by atoms with E-state index in [9.17, 15) is 4.79 Å². The molecule has 0 aliphatic heterocycles. The molecule has 0 saturated carbocycles. The molecule has 5 nitrogen and oxygen atoms in total. The Morgan fingerprint density at radius 3 is 1.57 bits per heavy atom. The first-order valence-corrected chi connectivity index (χ1v) is 4.18.